The molecular formula is C14H21N6O5P. The van der Waals surface area contributed by atoms with Gasteiger partial charge in [-0.15, -0.1) is 0 Å². The Morgan fingerprint density at radius 1 is 1.46 bits per heavy atom. The van der Waals surface area contributed by atoms with E-state index in [1.54, 1.807) is 27.0 Å². The first kappa shape index (κ1) is 17.8. The first-order valence-corrected chi connectivity index (χ1v) is 9.67. The van der Waals surface area contributed by atoms with Crippen molar-refractivity contribution in [3.63, 3.8) is 0 Å². The Labute approximate surface area is 149 Å². The maximum atomic E-state index is 12.7. The number of nitrogens with zero attached hydrogens (tertiary/aromatic N) is 4. The number of imidazole rings is 1. The van der Waals surface area contributed by atoms with E-state index in [2.05, 4.69) is 15.1 Å². The van der Waals surface area contributed by atoms with Crippen LogP contribution in [0.25, 0.3) is 5.65 Å². The zero-order valence-electron chi connectivity index (χ0n) is 14.6. The molecule has 2 aliphatic heterocycles. The van der Waals surface area contributed by atoms with Gasteiger partial charge in [0.2, 0.25) is 0 Å². The maximum absolute atomic E-state index is 12.7. The Hall–Kier alpha value is -1.62. The van der Waals surface area contributed by atoms with Crippen molar-refractivity contribution in [1.29, 1.82) is 0 Å². The molecule has 12 heteroatoms. The lowest BCUT2D eigenvalue weighted by Crippen LogP contribution is -2.53. The van der Waals surface area contributed by atoms with Crippen LogP contribution in [-0.2, 0) is 22.9 Å². The van der Waals surface area contributed by atoms with Crippen molar-refractivity contribution in [2.45, 2.75) is 50.7 Å². The van der Waals surface area contributed by atoms with Crippen LogP contribution in [0.3, 0.4) is 0 Å². The summed E-state index contributed by atoms with van der Waals surface area (Å²) < 4.78 is 36.6. The second-order valence-corrected chi connectivity index (χ2v) is 8.48. The van der Waals surface area contributed by atoms with Crippen LogP contribution in [0.15, 0.2) is 12.5 Å². The summed E-state index contributed by atoms with van der Waals surface area (Å²) in [6.07, 6.45) is 0.772. The van der Waals surface area contributed by atoms with Crippen LogP contribution in [0.4, 0.5) is 5.82 Å². The Bertz CT molecular complexity index is 886. The monoisotopic (exact) mass is 384 g/mol. The van der Waals surface area contributed by atoms with Gasteiger partial charge in [-0.1, -0.05) is 0 Å². The van der Waals surface area contributed by atoms with Gasteiger partial charge in [-0.2, -0.15) is 5.10 Å². The predicted octanol–water partition coefficient (Wildman–Crippen LogP) is 0.812. The molecule has 2 aromatic rings. The third-order valence-electron chi connectivity index (χ3n) is 4.43. The summed E-state index contributed by atoms with van der Waals surface area (Å²) in [6, 6.07) is 0. The number of phosphoric acid groups is 1. The molecule has 5 atom stereocenters. The van der Waals surface area contributed by atoms with Gasteiger partial charge in [0.1, 0.15) is 24.6 Å². The number of fused-ring (bicyclic) bond motifs is 2. The molecule has 2 aliphatic rings. The molecule has 0 radical (unpaired) electrons. The fourth-order valence-corrected chi connectivity index (χ4v) is 4.98. The van der Waals surface area contributed by atoms with E-state index in [0.717, 1.165) is 0 Å². The van der Waals surface area contributed by atoms with Gasteiger partial charge in [0.05, 0.1) is 30.1 Å². The fourth-order valence-electron chi connectivity index (χ4n) is 3.32. The number of nitrogens with two attached hydrogens (primary N) is 2. The number of rotatable bonds is 3. The second-order valence-electron chi connectivity index (χ2n) is 6.91. The minimum Gasteiger partial charge on any atom is -0.381 e. The molecular weight excluding hydrogens is 363 g/mol. The highest BCUT2D eigenvalue weighted by atomic mass is 31.2. The minimum atomic E-state index is -3.71. The highest BCUT2D eigenvalue weighted by Gasteiger charge is 2.59. The van der Waals surface area contributed by atoms with Crippen LogP contribution < -0.4 is 11.5 Å². The van der Waals surface area contributed by atoms with Crippen molar-refractivity contribution in [2.24, 2.45) is 5.73 Å². The standard InChI is InChI=1S/C14H21N6O5P/c1-7(2)24-26(21)22-5-9-11(25-26)14(3,16)10(23-9)8-4-17-13-12(15)18-6-19-20(8)13/h4,6-7,9-11H,5,16H2,1-3H3,(H2,15,18,19)/t9-,10+,11-,14+,26-/m1/s1. The zero-order chi connectivity index (χ0) is 18.7. The van der Waals surface area contributed by atoms with Gasteiger partial charge in [-0.3, -0.25) is 13.6 Å². The average molecular weight is 384 g/mol. The minimum absolute atomic E-state index is 0.0474. The molecule has 0 saturated carbocycles. The van der Waals surface area contributed by atoms with Gasteiger partial charge in [-0.05, 0) is 20.8 Å². The number of ether oxygens (including phenoxy) is 1. The third-order valence-corrected chi connectivity index (χ3v) is 6.06. The van der Waals surface area contributed by atoms with Crippen molar-refractivity contribution in [2.75, 3.05) is 12.3 Å². The van der Waals surface area contributed by atoms with Crippen LogP contribution in [0, 0.1) is 0 Å². The molecule has 0 amide bonds. The molecule has 4 heterocycles. The normalized spacial score (nSPS) is 37.3. The zero-order valence-corrected chi connectivity index (χ0v) is 15.5. The highest BCUT2D eigenvalue weighted by molar-refractivity contribution is 7.48. The summed E-state index contributed by atoms with van der Waals surface area (Å²) in [7, 11) is -3.71. The molecule has 4 rings (SSSR count). The van der Waals surface area contributed by atoms with Crippen molar-refractivity contribution in [1.82, 2.24) is 19.6 Å². The van der Waals surface area contributed by atoms with Gasteiger partial charge < -0.3 is 16.2 Å². The molecule has 2 saturated heterocycles. The first-order valence-electron chi connectivity index (χ1n) is 8.21. The number of hydrogen-bond acceptors (Lipinski definition) is 10. The number of nitrogen functional groups attached to an aromatic ring is 1. The SMILES string of the molecule is CC(C)O[P@@]1(=O)OC[C@H]2O[C@@H](c3cnc4c(N)ncnn34)[C@](C)(N)[C@@H]2O1. The third kappa shape index (κ3) is 2.72. The second kappa shape index (κ2) is 5.95. The Morgan fingerprint density at radius 2 is 2.23 bits per heavy atom. The molecule has 0 bridgehead atoms. The molecule has 4 N–H and O–H groups in total. The Kier molecular flexibility index (Phi) is 4.07. The van der Waals surface area contributed by atoms with E-state index in [1.165, 1.54) is 10.8 Å². The summed E-state index contributed by atoms with van der Waals surface area (Å²) in [5.41, 5.74) is 12.4. The van der Waals surface area contributed by atoms with Gasteiger partial charge in [0, 0.05) is 0 Å². The van der Waals surface area contributed by atoms with Crippen LogP contribution in [0.1, 0.15) is 32.6 Å². The van der Waals surface area contributed by atoms with Crippen molar-refractivity contribution in [3.05, 3.63) is 18.2 Å². The topological polar surface area (TPSA) is 149 Å². The van der Waals surface area contributed by atoms with Crippen LogP contribution >= 0.6 is 7.82 Å². The fraction of sp³-hybridized carbons (Fsp3) is 0.643. The quantitative estimate of drug-likeness (QED) is 0.728. The lowest BCUT2D eigenvalue weighted by atomic mass is 9.88. The summed E-state index contributed by atoms with van der Waals surface area (Å²) >= 11 is 0. The number of anilines is 1. The molecule has 0 unspecified atom stereocenters. The van der Waals surface area contributed by atoms with E-state index in [4.69, 9.17) is 29.8 Å². The van der Waals surface area contributed by atoms with E-state index < -0.39 is 31.7 Å². The molecule has 2 fully saturated rings. The van der Waals surface area contributed by atoms with E-state index in [1.807, 2.05) is 0 Å². The van der Waals surface area contributed by atoms with Gasteiger partial charge in [-0.25, -0.2) is 19.0 Å². The van der Waals surface area contributed by atoms with Crippen LogP contribution in [0.5, 0.6) is 0 Å². The van der Waals surface area contributed by atoms with Crippen molar-refractivity contribution in [3.8, 4) is 0 Å². The highest BCUT2D eigenvalue weighted by Crippen LogP contribution is 2.59. The van der Waals surface area contributed by atoms with E-state index in [9.17, 15) is 4.57 Å². The van der Waals surface area contributed by atoms with Crippen LogP contribution in [0.2, 0.25) is 0 Å². The largest absolute Gasteiger partial charge is 0.475 e. The Morgan fingerprint density at radius 3 is 2.96 bits per heavy atom. The molecule has 11 nitrogen and oxygen atoms in total. The van der Waals surface area contributed by atoms with E-state index in [0.29, 0.717) is 11.3 Å². The van der Waals surface area contributed by atoms with Gasteiger partial charge in [0.15, 0.2) is 11.5 Å². The van der Waals surface area contributed by atoms with Gasteiger partial charge >= 0.3 is 7.82 Å². The predicted molar refractivity (Wildman–Crippen MR) is 90.1 cm³/mol. The summed E-state index contributed by atoms with van der Waals surface area (Å²) in [5, 5.41) is 4.17. The first-order chi connectivity index (χ1) is 12.2. The summed E-state index contributed by atoms with van der Waals surface area (Å²) in [6.45, 7) is 5.30. The number of hydrogen-bond donors (Lipinski definition) is 2. The summed E-state index contributed by atoms with van der Waals surface area (Å²) in [5.74, 6) is 0.245. The maximum Gasteiger partial charge on any atom is 0.475 e. The van der Waals surface area contributed by atoms with Crippen molar-refractivity contribution >= 4 is 19.3 Å². The van der Waals surface area contributed by atoms with E-state index >= 15 is 0 Å². The Balaban J connectivity index is 1.68. The van der Waals surface area contributed by atoms with Gasteiger partial charge in [0.25, 0.3) is 0 Å². The molecule has 142 valence electrons. The van der Waals surface area contributed by atoms with Crippen LogP contribution in [-0.4, -0.2) is 50.0 Å². The molecule has 2 aromatic heterocycles. The summed E-state index contributed by atoms with van der Waals surface area (Å²) in [4.78, 5) is 8.16. The van der Waals surface area contributed by atoms with Crippen molar-refractivity contribution < 1.29 is 22.9 Å². The lowest BCUT2D eigenvalue weighted by Gasteiger charge is -2.36. The molecule has 0 aliphatic carbocycles. The molecule has 0 spiro atoms. The average Bonchev–Trinajstić information content (AvgIpc) is 3.07. The smallest absolute Gasteiger partial charge is 0.381 e. The van der Waals surface area contributed by atoms with E-state index in [-0.39, 0.29) is 18.5 Å². The molecule has 26 heavy (non-hydrogen) atoms. The number of aromatic nitrogens is 4. The molecule has 0 aromatic carbocycles. The lowest BCUT2D eigenvalue weighted by molar-refractivity contribution is -0.0636. The number of phosphoric ester groups is 1.